The van der Waals surface area contributed by atoms with E-state index in [4.69, 9.17) is 5.73 Å². The van der Waals surface area contributed by atoms with Gasteiger partial charge in [0.15, 0.2) is 0 Å². The maximum atomic E-state index is 10.1. The van der Waals surface area contributed by atoms with Gasteiger partial charge in [-0.3, -0.25) is 0 Å². The molecule has 13 heavy (non-hydrogen) atoms. The average Bonchev–Trinajstić information content (AvgIpc) is 2.15. The van der Waals surface area contributed by atoms with E-state index in [1.807, 2.05) is 24.3 Å². The first kappa shape index (κ1) is 10.4. The summed E-state index contributed by atoms with van der Waals surface area (Å²) < 4.78 is 1.04. The van der Waals surface area contributed by atoms with Gasteiger partial charge in [-0.2, -0.15) is 0 Å². The first-order valence-corrected chi connectivity index (χ1v) is 4.98. The van der Waals surface area contributed by atoms with Crippen LogP contribution in [-0.2, 0) is 4.79 Å². The lowest BCUT2D eigenvalue weighted by atomic mass is 10.0. The molecule has 0 fully saturated rings. The molecule has 0 saturated carbocycles. The summed E-state index contributed by atoms with van der Waals surface area (Å²) in [6, 6.07) is 7.82. The quantitative estimate of drug-likeness (QED) is 0.824. The average molecular weight is 242 g/mol. The Labute approximate surface area is 86.3 Å². The fraction of sp³-hybridized carbons (Fsp3) is 0.300. The third-order valence-corrected chi connectivity index (χ3v) is 2.42. The number of carbonyl (C=O) groups excluding carboxylic acids is 1. The summed E-state index contributed by atoms with van der Waals surface area (Å²) in [5.41, 5.74) is 6.93. The molecule has 1 rings (SSSR count). The molecule has 0 aliphatic carbocycles. The monoisotopic (exact) mass is 241 g/mol. The van der Waals surface area contributed by atoms with Crippen molar-refractivity contribution in [2.45, 2.75) is 18.9 Å². The van der Waals surface area contributed by atoms with Crippen LogP contribution < -0.4 is 5.73 Å². The molecule has 2 nitrogen and oxygen atoms in total. The molecular formula is C10H12BrNO. The Bertz CT molecular complexity index is 271. The van der Waals surface area contributed by atoms with Crippen LogP contribution in [0.15, 0.2) is 28.7 Å². The van der Waals surface area contributed by atoms with Gasteiger partial charge in [0, 0.05) is 16.9 Å². The molecule has 0 spiro atoms. The van der Waals surface area contributed by atoms with Crippen LogP contribution in [0, 0.1) is 0 Å². The highest BCUT2D eigenvalue weighted by molar-refractivity contribution is 9.10. The summed E-state index contributed by atoms with van der Waals surface area (Å²) in [5, 5.41) is 0. The molecule has 1 aromatic rings. The van der Waals surface area contributed by atoms with Gasteiger partial charge < -0.3 is 10.5 Å². The molecule has 0 aliphatic rings. The molecule has 0 aliphatic heterocycles. The lowest BCUT2D eigenvalue weighted by Gasteiger charge is -2.09. The van der Waals surface area contributed by atoms with Crippen molar-refractivity contribution in [1.29, 1.82) is 0 Å². The zero-order valence-electron chi connectivity index (χ0n) is 7.24. The van der Waals surface area contributed by atoms with Crippen LogP contribution in [0.2, 0.25) is 0 Å². The zero-order chi connectivity index (χ0) is 9.68. The number of rotatable bonds is 4. The Kier molecular flexibility index (Phi) is 4.12. The van der Waals surface area contributed by atoms with E-state index in [0.29, 0.717) is 12.8 Å². The summed E-state index contributed by atoms with van der Waals surface area (Å²) in [6.07, 6.45) is 2.14. The number of aldehydes is 1. The lowest BCUT2D eigenvalue weighted by molar-refractivity contribution is -0.108. The minimum Gasteiger partial charge on any atom is -0.324 e. The van der Waals surface area contributed by atoms with Crippen LogP contribution >= 0.6 is 15.9 Å². The van der Waals surface area contributed by atoms with Crippen molar-refractivity contribution < 1.29 is 4.79 Å². The number of hydrogen-bond donors (Lipinski definition) is 1. The Morgan fingerprint density at radius 2 is 2.00 bits per heavy atom. The number of benzene rings is 1. The molecule has 0 radical (unpaired) electrons. The van der Waals surface area contributed by atoms with Crippen LogP contribution in [-0.4, -0.2) is 6.29 Å². The Morgan fingerprint density at radius 3 is 2.54 bits per heavy atom. The van der Waals surface area contributed by atoms with Gasteiger partial charge in [0.25, 0.3) is 0 Å². The van der Waals surface area contributed by atoms with Crippen molar-refractivity contribution in [1.82, 2.24) is 0 Å². The summed E-state index contributed by atoms with van der Waals surface area (Å²) in [4.78, 5) is 10.1. The number of nitrogens with two attached hydrogens (primary N) is 1. The van der Waals surface area contributed by atoms with Crippen molar-refractivity contribution >= 4 is 22.2 Å². The number of halogens is 1. The van der Waals surface area contributed by atoms with E-state index >= 15 is 0 Å². The summed E-state index contributed by atoms with van der Waals surface area (Å²) in [7, 11) is 0. The maximum absolute atomic E-state index is 10.1. The van der Waals surface area contributed by atoms with Crippen molar-refractivity contribution in [3.8, 4) is 0 Å². The van der Waals surface area contributed by atoms with Crippen LogP contribution in [0.3, 0.4) is 0 Å². The second-order valence-electron chi connectivity index (χ2n) is 2.90. The topological polar surface area (TPSA) is 43.1 Å². The van der Waals surface area contributed by atoms with Crippen LogP contribution in [0.25, 0.3) is 0 Å². The largest absolute Gasteiger partial charge is 0.324 e. The molecule has 1 aromatic carbocycles. The molecule has 0 bridgehead atoms. The summed E-state index contributed by atoms with van der Waals surface area (Å²) in [5.74, 6) is 0. The molecule has 0 aromatic heterocycles. The van der Waals surface area contributed by atoms with Crippen LogP contribution in [0.5, 0.6) is 0 Å². The van der Waals surface area contributed by atoms with Crippen molar-refractivity contribution in [2.24, 2.45) is 5.73 Å². The van der Waals surface area contributed by atoms with Crippen LogP contribution in [0.4, 0.5) is 0 Å². The number of carbonyl (C=O) groups is 1. The minimum absolute atomic E-state index is 0.0294. The lowest BCUT2D eigenvalue weighted by Crippen LogP contribution is -2.09. The van der Waals surface area contributed by atoms with Gasteiger partial charge in [0.1, 0.15) is 6.29 Å². The molecule has 2 N–H and O–H groups in total. The van der Waals surface area contributed by atoms with E-state index in [2.05, 4.69) is 15.9 Å². The Morgan fingerprint density at radius 1 is 1.38 bits per heavy atom. The molecule has 1 atom stereocenters. The molecule has 3 heteroatoms. The third kappa shape index (κ3) is 3.28. The fourth-order valence-electron chi connectivity index (χ4n) is 1.12. The SMILES string of the molecule is NC(CCC=O)c1ccc(Br)cc1. The van der Waals surface area contributed by atoms with E-state index in [1.54, 1.807) is 0 Å². The van der Waals surface area contributed by atoms with Gasteiger partial charge in [0.05, 0.1) is 0 Å². The van der Waals surface area contributed by atoms with E-state index in [0.717, 1.165) is 16.3 Å². The molecule has 70 valence electrons. The molecule has 0 saturated heterocycles. The smallest absolute Gasteiger partial charge is 0.120 e. The normalized spacial score (nSPS) is 12.5. The Hall–Kier alpha value is -0.670. The fourth-order valence-corrected chi connectivity index (χ4v) is 1.39. The predicted octanol–water partition coefficient (Wildman–Crippen LogP) is 2.43. The molecule has 1 unspecified atom stereocenters. The summed E-state index contributed by atoms with van der Waals surface area (Å²) >= 11 is 3.35. The predicted molar refractivity (Wildman–Crippen MR) is 56.4 cm³/mol. The van der Waals surface area contributed by atoms with Crippen LogP contribution in [0.1, 0.15) is 24.4 Å². The molecular weight excluding hydrogens is 230 g/mol. The highest BCUT2D eigenvalue weighted by Gasteiger charge is 2.04. The van der Waals surface area contributed by atoms with Crippen molar-refractivity contribution in [3.05, 3.63) is 34.3 Å². The zero-order valence-corrected chi connectivity index (χ0v) is 8.83. The highest BCUT2D eigenvalue weighted by atomic mass is 79.9. The summed E-state index contributed by atoms with van der Waals surface area (Å²) in [6.45, 7) is 0. The second kappa shape index (κ2) is 5.14. The third-order valence-electron chi connectivity index (χ3n) is 1.89. The second-order valence-corrected chi connectivity index (χ2v) is 3.82. The molecule has 0 amide bonds. The first-order chi connectivity index (χ1) is 6.24. The van der Waals surface area contributed by atoms with Gasteiger partial charge in [-0.25, -0.2) is 0 Å². The van der Waals surface area contributed by atoms with Gasteiger partial charge in [-0.1, -0.05) is 28.1 Å². The van der Waals surface area contributed by atoms with E-state index in [1.165, 1.54) is 0 Å². The van der Waals surface area contributed by atoms with E-state index in [9.17, 15) is 4.79 Å². The van der Waals surface area contributed by atoms with E-state index < -0.39 is 0 Å². The van der Waals surface area contributed by atoms with Crippen molar-refractivity contribution in [3.63, 3.8) is 0 Å². The van der Waals surface area contributed by atoms with Gasteiger partial charge in [-0.05, 0) is 24.1 Å². The van der Waals surface area contributed by atoms with Gasteiger partial charge in [0.2, 0.25) is 0 Å². The van der Waals surface area contributed by atoms with Crippen molar-refractivity contribution in [2.75, 3.05) is 0 Å². The first-order valence-electron chi connectivity index (χ1n) is 4.18. The van der Waals surface area contributed by atoms with E-state index in [-0.39, 0.29) is 6.04 Å². The minimum atomic E-state index is -0.0294. The van der Waals surface area contributed by atoms with Gasteiger partial charge >= 0.3 is 0 Å². The molecule has 0 heterocycles. The Balaban J connectivity index is 2.60. The van der Waals surface area contributed by atoms with Gasteiger partial charge in [-0.15, -0.1) is 0 Å². The highest BCUT2D eigenvalue weighted by Crippen LogP contribution is 2.17. The number of hydrogen-bond acceptors (Lipinski definition) is 2. The standard InChI is InChI=1S/C10H12BrNO/c11-9-5-3-8(4-6-9)10(12)2-1-7-13/h3-7,10H,1-2,12H2. The maximum Gasteiger partial charge on any atom is 0.120 e.